The Hall–Kier alpha value is -1.42. The molecule has 1 aliphatic rings. The molecule has 0 spiro atoms. The van der Waals surface area contributed by atoms with Crippen molar-refractivity contribution in [2.45, 2.75) is 25.8 Å². The molecular formula is C15H25N3O. The van der Waals surface area contributed by atoms with Crippen molar-refractivity contribution < 1.29 is 4.74 Å². The first kappa shape index (κ1) is 14.0. The molecular weight excluding hydrogens is 238 g/mol. The summed E-state index contributed by atoms with van der Waals surface area (Å²) in [5.74, 6) is 0.801. The summed E-state index contributed by atoms with van der Waals surface area (Å²) in [6, 6.07) is 6.74. The first-order valence-electron chi connectivity index (χ1n) is 7.06. The Morgan fingerprint density at radius 1 is 1.32 bits per heavy atom. The Balaban J connectivity index is 2.09. The van der Waals surface area contributed by atoms with Crippen LogP contribution in [0.2, 0.25) is 0 Å². The van der Waals surface area contributed by atoms with E-state index in [4.69, 9.17) is 10.5 Å². The summed E-state index contributed by atoms with van der Waals surface area (Å²) in [5, 5.41) is 0. The number of ether oxygens (including phenoxy) is 1. The highest BCUT2D eigenvalue weighted by atomic mass is 16.5. The molecule has 1 heterocycles. The van der Waals surface area contributed by atoms with Crippen LogP contribution in [0.25, 0.3) is 0 Å². The van der Waals surface area contributed by atoms with Crippen LogP contribution in [0.5, 0.6) is 5.75 Å². The predicted molar refractivity (Wildman–Crippen MR) is 80.9 cm³/mol. The highest BCUT2D eigenvalue weighted by Crippen LogP contribution is 2.34. The molecule has 19 heavy (non-hydrogen) atoms. The minimum absolute atomic E-state index is 0.649. The average molecular weight is 263 g/mol. The van der Waals surface area contributed by atoms with Crippen LogP contribution in [-0.2, 0) is 0 Å². The van der Waals surface area contributed by atoms with E-state index in [1.54, 1.807) is 0 Å². The molecule has 1 aromatic carbocycles. The Labute approximate surface area is 116 Å². The lowest BCUT2D eigenvalue weighted by Gasteiger charge is -2.37. The molecule has 1 aliphatic heterocycles. The number of nitrogens with zero attached hydrogens (tertiary/aromatic N) is 2. The number of hydrogen-bond donors (Lipinski definition) is 1. The first-order valence-corrected chi connectivity index (χ1v) is 7.06. The summed E-state index contributed by atoms with van der Waals surface area (Å²) in [5.41, 5.74) is 8.10. The van der Waals surface area contributed by atoms with Gasteiger partial charge in [0.05, 0.1) is 18.0 Å². The van der Waals surface area contributed by atoms with Gasteiger partial charge in [-0.3, -0.25) is 0 Å². The highest BCUT2D eigenvalue weighted by molar-refractivity contribution is 5.74. The zero-order chi connectivity index (χ0) is 13.8. The standard InChI is InChI=1S/C15H25N3O/c1-4-19-14-7-5-6-13(15(14)16)18-10-8-12(9-11-18)17(2)3/h5-7,12H,4,8-11,16H2,1-3H3. The van der Waals surface area contributed by atoms with Gasteiger partial charge in [-0.15, -0.1) is 0 Å². The van der Waals surface area contributed by atoms with Crippen LogP contribution in [0.3, 0.4) is 0 Å². The Bertz CT molecular complexity index is 412. The topological polar surface area (TPSA) is 41.7 Å². The lowest BCUT2D eigenvalue weighted by atomic mass is 10.0. The van der Waals surface area contributed by atoms with Crippen LogP contribution in [0.15, 0.2) is 18.2 Å². The van der Waals surface area contributed by atoms with E-state index < -0.39 is 0 Å². The second kappa shape index (κ2) is 6.15. The molecule has 4 nitrogen and oxygen atoms in total. The quantitative estimate of drug-likeness (QED) is 0.846. The van der Waals surface area contributed by atoms with E-state index in [1.807, 2.05) is 19.1 Å². The number of piperidine rings is 1. The molecule has 0 atom stereocenters. The number of anilines is 2. The van der Waals surface area contributed by atoms with Crippen molar-refractivity contribution in [3.63, 3.8) is 0 Å². The Morgan fingerprint density at radius 2 is 2.00 bits per heavy atom. The van der Waals surface area contributed by atoms with Gasteiger partial charge in [-0.25, -0.2) is 0 Å². The largest absolute Gasteiger partial charge is 0.492 e. The molecule has 0 aliphatic carbocycles. The van der Waals surface area contributed by atoms with Crippen molar-refractivity contribution in [2.75, 3.05) is 44.4 Å². The van der Waals surface area contributed by atoms with E-state index in [9.17, 15) is 0 Å². The van der Waals surface area contributed by atoms with Crippen LogP contribution >= 0.6 is 0 Å². The number of para-hydroxylation sites is 1. The van der Waals surface area contributed by atoms with E-state index in [0.717, 1.165) is 30.2 Å². The minimum Gasteiger partial charge on any atom is -0.492 e. The van der Waals surface area contributed by atoms with E-state index in [2.05, 4.69) is 30.0 Å². The van der Waals surface area contributed by atoms with Gasteiger partial charge in [0.1, 0.15) is 5.75 Å². The molecule has 0 radical (unpaired) electrons. The summed E-state index contributed by atoms with van der Waals surface area (Å²) >= 11 is 0. The highest BCUT2D eigenvalue weighted by Gasteiger charge is 2.22. The van der Waals surface area contributed by atoms with Gasteiger partial charge in [0, 0.05) is 19.1 Å². The third-order valence-electron chi connectivity index (χ3n) is 3.88. The number of nitrogens with two attached hydrogens (primary N) is 1. The summed E-state index contributed by atoms with van der Waals surface area (Å²) in [6.07, 6.45) is 2.37. The summed E-state index contributed by atoms with van der Waals surface area (Å²) in [6.45, 7) is 4.75. The van der Waals surface area contributed by atoms with Crippen molar-refractivity contribution in [1.82, 2.24) is 4.90 Å². The molecule has 1 aromatic rings. The molecule has 2 rings (SSSR count). The lowest BCUT2D eigenvalue weighted by Crippen LogP contribution is -2.42. The predicted octanol–water partition coefficient (Wildman–Crippen LogP) is 2.20. The maximum absolute atomic E-state index is 6.22. The maximum Gasteiger partial charge on any atom is 0.144 e. The van der Waals surface area contributed by atoms with Crippen LogP contribution in [-0.4, -0.2) is 44.7 Å². The molecule has 2 N–H and O–H groups in total. The fraction of sp³-hybridized carbons (Fsp3) is 0.600. The SMILES string of the molecule is CCOc1cccc(N2CCC(N(C)C)CC2)c1N. The third kappa shape index (κ3) is 3.13. The third-order valence-corrected chi connectivity index (χ3v) is 3.88. The molecule has 0 unspecified atom stereocenters. The maximum atomic E-state index is 6.22. The Kier molecular flexibility index (Phi) is 4.53. The molecule has 0 saturated carbocycles. The van der Waals surface area contributed by atoms with Gasteiger partial charge in [0.15, 0.2) is 0 Å². The fourth-order valence-corrected chi connectivity index (χ4v) is 2.71. The molecule has 0 aromatic heterocycles. The van der Waals surface area contributed by atoms with E-state index in [1.165, 1.54) is 12.8 Å². The van der Waals surface area contributed by atoms with Crippen LogP contribution in [0, 0.1) is 0 Å². The molecule has 106 valence electrons. The van der Waals surface area contributed by atoms with Gasteiger partial charge >= 0.3 is 0 Å². The minimum atomic E-state index is 0.649. The molecule has 1 fully saturated rings. The van der Waals surface area contributed by atoms with E-state index in [0.29, 0.717) is 12.6 Å². The normalized spacial score (nSPS) is 16.9. The number of rotatable bonds is 4. The summed E-state index contributed by atoms with van der Waals surface area (Å²) in [7, 11) is 4.31. The molecule has 0 bridgehead atoms. The van der Waals surface area contributed by atoms with Crippen molar-refractivity contribution in [2.24, 2.45) is 0 Å². The number of nitrogen functional groups attached to an aromatic ring is 1. The van der Waals surface area contributed by atoms with E-state index >= 15 is 0 Å². The summed E-state index contributed by atoms with van der Waals surface area (Å²) < 4.78 is 5.57. The Morgan fingerprint density at radius 3 is 2.58 bits per heavy atom. The smallest absolute Gasteiger partial charge is 0.144 e. The second-order valence-electron chi connectivity index (χ2n) is 5.30. The monoisotopic (exact) mass is 263 g/mol. The van der Waals surface area contributed by atoms with Crippen molar-refractivity contribution in [1.29, 1.82) is 0 Å². The first-order chi connectivity index (χ1) is 9.13. The van der Waals surface area contributed by atoms with Crippen molar-refractivity contribution in [3.8, 4) is 5.75 Å². The molecule has 1 saturated heterocycles. The molecule has 0 amide bonds. The molecule has 4 heteroatoms. The lowest BCUT2D eigenvalue weighted by molar-refractivity contribution is 0.249. The van der Waals surface area contributed by atoms with Crippen LogP contribution in [0.4, 0.5) is 11.4 Å². The van der Waals surface area contributed by atoms with Gasteiger partial charge in [-0.2, -0.15) is 0 Å². The zero-order valence-electron chi connectivity index (χ0n) is 12.2. The van der Waals surface area contributed by atoms with Gasteiger partial charge in [-0.1, -0.05) is 6.07 Å². The van der Waals surface area contributed by atoms with Crippen molar-refractivity contribution in [3.05, 3.63) is 18.2 Å². The van der Waals surface area contributed by atoms with Gasteiger partial charge in [-0.05, 0) is 46.0 Å². The van der Waals surface area contributed by atoms with Gasteiger partial charge in [0.25, 0.3) is 0 Å². The van der Waals surface area contributed by atoms with Crippen molar-refractivity contribution >= 4 is 11.4 Å². The number of hydrogen-bond acceptors (Lipinski definition) is 4. The average Bonchev–Trinajstić information content (AvgIpc) is 2.41. The van der Waals surface area contributed by atoms with Crippen LogP contribution < -0.4 is 15.4 Å². The number of benzene rings is 1. The second-order valence-corrected chi connectivity index (χ2v) is 5.30. The van der Waals surface area contributed by atoms with Crippen LogP contribution in [0.1, 0.15) is 19.8 Å². The van der Waals surface area contributed by atoms with Gasteiger partial charge in [0.2, 0.25) is 0 Å². The van der Waals surface area contributed by atoms with Gasteiger partial charge < -0.3 is 20.3 Å². The fourth-order valence-electron chi connectivity index (χ4n) is 2.71. The summed E-state index contributed by atoms with van der Waals surface area (Å²) in [4.78, 5) is 4.69. The zero-order valence-corrected chi connectivity index (χ0v) is 12.2. The van der Waals surface area contributed by atoms with E-state index in [-0.39, 0.29) is 0 Å².